The van der Waals surface area contributed by atoms with E-state index in [1.54, 1.807) is 0 Å². The second-order valence-corrected chi connectivity index (χ2v) is 12.0. The molecule has 0 aliphatic carbocycles. The number of nitrogens with zero attached hydrogens (tertiary/aromatic N) is 3. The van der Waals surface area contributed by atoms with E-state index in [0.29, 0.717) is 23.0 Å². The highest BCUT2D eigenvalue weighted by atomic mass is 16.3. The van der Waals surface area contributed by atoms with Crippen molar-refractivity contribution in [3.05, 3.63) is 133 Å². The summed E-state index contributed by atoms with van der Waals surface area (Å²) in [5, 5.41) is 11.3. The normalized spacial score (nSPS) is 11.8. The van der Waals surface area contributed by atoms with Crippen LogP contribution in [0.5, 0.6) is 5.75 Å². The summed E-state index contributed by atoms with van der Waals surface area (Å²) < 4.78 is 0. The highest BCUT2D eigenvalue weighted by Crippen LogP contribution is 2.33. The molecule has 0 radical (unpaired) electrons. The van der Waals surface area contributed by atoms with Gasteiger partial charge < -0.3 is 5.11 Å². The first-order valence-electron chi connectivity index (χ1n) is 16.5. The van der Waals surface area contributed by atoms with Gasteiger partial charge in [-0.2, -0.15) is 0 Å². The Balaban J connectivity index is 1.34. The van der Waals surface area contributed by atoms with E-state index in [4.69, 9.17) is 15.0 Å². The number of phenols is 1. The standard InChI is InChI=1S/C42H41N3O/c1-3-5-12-30(4-2)17-18-31-19-28-38(39(46)29-31)42-44-40(36-24-20-34(21-25-36)32-13-8-6-9-14-32)43-41(45-42)37-26-22-35(23-27-37)33-15-10-7-11-16-33/h6-11,13-16,19-30,46H,3-5,12,17-18H2,1-2H3. The van der Waals surface area contributed by atoms with Crippen LogP contribution >= 0.6 is 0 Å². The lowest BCUT2D eigenvalue weighted by atomic mass is 9.92. The van der Waals surface area contributed by atoms with E-state index < -0.39 is 0 Å². The maximum atomic E-state index is 11.3. The largest absolute Gasteiger partial charge is 0.507 e. The molecule has 0 aliphatic heterocycles. The molecule has 0 fully saturated rings. The summed E-state index contributed by atoms with van der Waals surface area (Å²) in [5.74, 6) is 2.50. The molecule has 5 aromatic carbocycles. The van der Waals surface area contributed by atoms with Gasteiger partial charge in [0.05, 0.1) is 5.56 Å². The van der Waals surface area contributed by atoms with Crippen molar-refractivity contribution in [3.8, 4) is 62.2 Å². The van der Waals surface area contributed by atoms with Gasteiger partial charge >= 0.3 is 0 Å². The first-order chi connectivity index (χ1) is 22.6. The first-order valence-corrected chi connectivity index (χ1v) is 16.5. The summed E-state index contributed by atoms with van der Waals surface area (Å²) >= 11 is 0. The molecule has 1 aromatic heterocycles. The summed E-state index contributed by atoms with van der Waals surface area (Å²) in [6, 6.07) is 43.2. The maximum absolute atomic E-state index is 11.3. The number of unbranched alkanes of at least 4 members (excludes halogenated alkanes) is 1. The summed E-state index contributed by atoms with van der Waals surface area (Å²) in [4.78, 5) is 14.7. The van der Waals surface area contributed by atoms with E-state index in [0.717, 1.165) is 57.7 Å². The molecule has 4 heteroatoms. The lowest BCUT2D eigenvalue weighted by molar-refractivity contribution is 0.421. The molecule has 230 valence electrons. The van der Waals surface area contributed by atoms with Gasteiger partial charge in [0.2, 0.25) is 0 Å². The van der Waals surface area contributed by atoms with Crippen LogP contribution in [0.15, 0.2) is 127 Å². The number of hydrogen-bond acceptors (Lipinski definition) is 4. The number of aryl methyl sites for hydroxylation is 1. The summed E-state index contributed by atoms with van der Waals surface area (Å²) in [6.45, 7) is 4.53. The fourth-order valence-electron chi connectivity index (χ4n) is 5.98. The average molecular weight is 604 g/mol. The van der Waals surface area contributed by atoms with Crippen molar-refractivity contribution >= 4 is 0 Å². The molecular formula is C42H41N3O. The van der Waals surface area contributed by atoms with Crippen LogP contribution in [0.2, 0.25) is 0 Å². The van der Waals surface area contributed by atoms with E-state index in [1.165, 1.54) is 25.7 Å². The Labute approximate surface area is 272 Å². The molecular weight excluding hydrogens is 562 g/mol. The second kappa shape index (κ2) is 14.8. The third-order valence-electron chi connectivity index (χ3n) is 8.82. The third kappa shape index (κ3) is 7.40. The zero-order chi connectivity index (χ0) is 31.7. The molecule has 0 bridgehead atoms. The van der Waals surface area contributed by atoms with Crippen LogP contribution in [0.4, 0.5) is 0 Å². The minimum atomic E-state index is 0.195. The number of hydrogen-bond donors (Lipinski definition) is 1. The lowest BCUT2D eigenvalue weighted by Gasteiger charge is -2.15. The minimum Gasteiger partial charge on any atom is -0.507 e. The van der Waals surface area contributed by atoms with Gasteiger partial charge in [-0.1, -0.05) is 155 Å². The Kier molecular flexibility index (Phi) is 9.94. The van der Waals surface area contributed by atoms with Crippen molar-refractivity contribution in [2.45, 2.75) is 52.4 Å². The van der Waals surface area contributed by atoms with E-state index in [2.05, 4.69) is 92.7 Å². The molecule has 0 saturated heterocycles. The third-order valence-corrected chi connectivity index (χ3v) is 8.82. The monoisotopic (exact) mass is 603 g/mol. The van der Waals surface area contributed by atoms with Gasteiger partial charge in [-0.05, 0) is 58.7 Å². The highest BCUT2D eigenvalue weighted by Gasteiger charge is 2.16. The van der Waals surface area contributed by atoms with Crippen LogP contribution in [-0.2, 0) is 6.42 Å². The topological polar surface area (TPSA) is 58.9 Å². The van der Waals surface area contributed by atoms with Crippen molar-refractivity contribution in [1.82, 2.24) is 15.0 Å². The molecule has 46 heavy (non-hydrogen) atoms. The zero-order valence-corrected chi connectivity index (χ0v) is 26.7. The molecule has 1 N–H and O–H groups in total. The van der Waals surface area contributed by atoms with Gasteiger partial charge in [0.25, 0.3) is 0 Å². The van der Waals surface area contributed by atoms with Gasteiger partial charge in [0, 0.05) is 11.1 Å². The Hall–Kier alpha value is -5.09. The van der Waals surface area contributed by atoms with E-state index in [1.807, 2.05) is 48.5 Å². The van der Waals surface area contributed by atoms with E-state index in [-0.39, 0.29) is 5.75 Å². The van der Waals surface area contributed by atoms with Crippen LogP contribution in [-0.4, -0.2) is 20.1 Å². The van der Waals surface area contributed by atoms with Gasteiger partial charge in [-0.15, -0.1) is 0 Å². The number of aromatic hydroxyl groups is 1. The predicted molar refractivity (Wildman–Crippen MR) is 190 cm³/mol. The fourth-order valence-corrected chi connectivity index (χ4v) is 5.98. The lowest BCUT2D eigenvalue weighted by Crippen LogP contribution is -2.02. The van der Waals surface area contributed by atoms with E-state index >= 15 is 0 Å². The van der Waals surface area contributed by atoms with Gasteiger partial charge in [-0.25, -0.2) is 15.0 Å². The Morgan fingerprint density at radius 1 is 0.522 bits per heavy atom. The predicted octanol–water partition coefficient (Wildman–Crippen LogP) is 11.1. The van der Waals surface area contributed by atoms with Crippen molar-refractivity contribution in [3.63, 3.8) is 0 Å². The molecule has 6 rings (SSSR count). The molecule has 1 unspecified atom stereocenters. The summed E-state index contributed by atoms with van der Waals surface area (Å²) in [5.41, 5.74) is 8.09. The molecule has 0 amide bonds. The first kappa shape index (κ1) is 30.9. The smallest absolute Gasteiger partial charge is 0.167 e. The second-order valence-electron chi connectivity index (χ2n) is 12.0. The van der Waals surface area contributed by atoms with Crippen molar-refractivity contribution < 1.29 is 5.11 Å². The zero-order valence-electron chi connectivity index (χ0n) is 26.7. The SMILES string of the molecule is CCCCC(CC)CCc1ccc(-c2nc(-c3ccc(-c4ccccc4)cc3)nc(-c3ccc(-c4ccccc4)cc3)n2)c(O)c1. The van der Waals surface area contributed by atoms with Crippen LogP contribution in [0, 0.1) is 5.92 Å². The number of rotatable bonds is 12. The number of benzene rings is 5. The highest BCUT2D eigenvalue weighted by molar-refractivity contribution is 5.73. The maximum Gasteiger partial charge on any atom is 0.167 e. The quantitative estimate of drug-likeness (QED) is 0.151. The van der Waals surface area contributed by atoms with Gasteiger partial charge in [-0.3, -0.25) is 0 Å². The molecule has 1 heterocycles. The van der Waals surface area contributed by atoms with Crippen molar-refractivity contribution in [2.24, 2.45) is 5.92 Å². The van der Waals surface area contributed by atoms with Crippen LogP contribution < -0.4 is 0 Å². The Bertz CT molecular complexity index is 1750. The van der Waals surface area contributed by atoms with Crippen molar-refractivity contribution in [1.29, 1.82) is 0 Å². The summed E-state index contributed by atoms with van der Waals surface area (Å²) in [7, 11) is 0. The molecule has 6 aromatic rings. The molecule has 1 atom stereocenters. The van der Waals surface area contributed by atoms with Gasteiger partial charge in [0.1, 0.15) is 5.75 Å². The molecule has 0 saturated carbocycles. The molecule has 0 aliphatic rings. The van der Waals surface area contributed by atoms with Crippen LogP contribution in [0.3, 0.4) is 0 Å². The summed E-state index contributed by atoms with van der Waals surface area (Å²) in [6.07, 6.45) is 7.05. The van der Waals surface area contributed by atoms with E-state index in [9.17, 15) is 5.11 Å². The number of phenolic OH excluding ortho intramolecular Hbond substituents is 1. The minimum absolute atomic E-state index is 0.195. The molecule has 0 spiro atoms. The van der Waals surface area contributed by atoms with Crippen LogP contribution in [0.25, 0.3) is 56.4 Å². The average Bonchev–Trinajstić information content (AvgIpc) is 3.12. The Morgan fingerprint density at radius 3 is 1.48 bits per heavy atom. The van der Waals surface area contributed by atoms with Crippen molar-refractivity contribution in [2.75, 3.05) is 0 Å². The Morgan fingerprint density at radius 2 is 1.00 bits per heavy atom. The molecule has 4 nitrogen and oxygen atoms in total. The number of aromatic nitrogens is 3. The fraction of sp³-hybridized carbons (Fsp3) is 0.214. The van der Waals surface area contributed by atoms with Crippen LogP contribution in [0.1, 0.15) is 51.5 Å². The van der Waals surface area contributed by atoms with Gasteiger partial charge in [0.15, 0.2) is 17.5 Å².